The van der Waals surface area contributed by atoms with Gasteiger partial charge in [0.15, 0.2) is 0 Å². The first-order valence-electron chi connectivity index (χ1n) is 8.08. The highest BCUT2D eigenvalue weighted by Gasteiger charge is 2.39. The molecule has 3 nitrogen and oxygen atoms in total. The summed E-state index contributed by atoms with van der Waals surface area (Å²) in [5, 5.41) is 13.9. The number of hydrogen-bond donors (Lipinski definition) is 2. The van der Waals surface area contributed by atoms with Crippen molar-refractivity contribution in [3.05, 3.63) is 65.2 Å². The smallest absolute Gasteiger partial charge is 0.139 e. The summed E-state index contributed by atoms with van der Waals surface area (Å²) in [5.41, 5.74) is 4.60. The summed E-state index contributed by atoms with van der Waals surface area (Å²) in [5.74, 6) is 2.05. The minimum Gasteiger partial charge on any atom is -0.506 e. The highest BCUT2D eigenvalue weighted by Crippen LogP contribution is 2.53. The van der Waals surface area contributed by atoms with Gasteiger partial charge in [-0.25, -0.2) is 0 Å². The molecule has 1 aliphatic carbocycles. The first kappa shape index (κ1) is 14.2. The second kappa shape index (κ2) is 5.34. The molecule has 23 heavy (non-hydrogen) atoms. The van der Waals surface area contributed by atoms with Gasteiger partial charge in [0.25, 0.3) is 0 Å². The number of phenols is 1. The highest BCUT2D eigenvalue weighted by molar-refractivity contribution is 5.69. The maximum Gasteiger partial charge on any atom is 0.139 e. The fourth-order valence-electron chi connectivity index (χ4n) is 4.02. The number of fused-ring (bicyclic) bond motifs is 3. The van der Waals surface area contributed by atoms with Crippen molar-refractivity contribution in [3.63, 3.8) is 0 Å². The zero-order valence-electron chi connectivity index (χ0n) is 13.4. The third kappa shape index (κ3) is 2.19. The Kier molecular flexibility index (Phi) is 3.29. The molecule has 3 heteroatoms. The average molecular weight is 307 g/mol. The second-order valence-corrected chi connectivity index (χ2v) is 6.44. The predicted octanol–water partition coefficient (Wildman–Crippen LogP) is 4.54. The molecule has 1 aliphatic heterocycles. The van der Waals surface area contributed by atoms with E-state index in [0.29, 0.717) is 17.6 Å². The van der Waals surface area contributed by atoms with E-state index in [-0.39, 0.29) is 6.04 Å². The highest BCUT2D eigenvalue weighted by atomic mass is 16.5. The molecular formula is C20H21NO2. The Bertz CT molecular complexity index is 764. The summed E-state index contributed by atoms with van der Waals surface area (Å²) in [6.45, 7) is 2.12. The van der Waals surface area contributed by atoms with Crippen molar-refractivity contribution >= 4 is 5.69 Å². The van der Waals surface area contributed by atoms with Crippen LogP contribution in [0, 0.1) is 12.8 Å². The summed E-state index contributed by atoms with van der Waals surface area (Å²) in [7, 11) is 1.68. The van der Waals surface area contributed by atoms with Crippen LogP contribution in [0.15, 0.2) is 48.6 Å². The third-order valence-electron chi connectivity index (χ3n) is 5.19. The number of anilines is 1. The van der Waals surface area contributed by atoms with E-state index in [0.717, 1.165) is 17.9 Å². The molecule has 3 unspecified atom stereocenters. The number of rotatable bonds is 2. The number of methoxy groups -OCH3 is 1. The lowest BCUT2D eigenvalue weighted by atomic mass is 9.75. The van der Waals surface area contributed by atoms with Gasteiger partial charge < -0.3 is 15.2 Å². The predicted molar refractivity (Wildman–Crippen MR) is 92.2 cm³/mol. The van der Waals surface area contributed by atoms with Gasteiger partial charge in [0, 0.05) is 5.92 Å². The normalized spacial score (nSPS) is 24.7. The molecule has 3 atom stereocenters. The van der Waals surface area contributed by atoms with Gasteiger partial charge in [0.1, 0.15) is 11.5 Å². The molecule has 2 N–H and O–H groups in total. The molecule has 0 fully saturated rings. The van der Waals surface area contributed by atoms with Crippen LogP contribution in [-0.4, -0.2) is 12.2 Å². The van der Waals surface area contributed by atoms with Crippen molar-refractivity contribution in [2.75, 3.05) is 12.4 Å². The molecule has 0 aromatic heterocycles. The summed E-state index contributed by atoms with van der Waals surface area (Å²) >= 11 is 0. The molecule has 0 radical (unpaired) electrons. The van der Waals surface area contributed by atoms with E-state index in [2.05, 4.69) is 36.5 Å². The van der Waals surface area contributed by atoms with Crippen LogP contribution in [0.2, 0.25) is 0 Å². The van der Waals surface area contributed by atoms with Crippen LogP contribution in [0.4, 0.5) is 5.69 Å². The van der Waals surface area contributed by atoms with Crippen LogP contribution in [0.3, 0.4) is 0 Å². The van der Waals surface area contributed by atoms with Gasteiger partial charge >= 0.3 is 0 Å². The first-order valence-corrected chi connectivity index (χ1v) is 8.08. The van der Waals surface area contributed by atoms with Gasteiger partial charge in [-0.2, -0.15) is 0 Å². The van der Waals surface area contributed by atoms with Gasteiger partial charge in [-0.05, 0) is 54.2 Å². The SMILES string of the molecule is COc1ccc(C2Nc3c(O)ccc(C)c3C3C=CCC32)cc1. The van der Waals surface area contributed by atoms with Crippen LogP contribution in [0.5, 0.6) is 11.5 Å². The molecule has 1 heterocycles. The minimum absolute atomic E-state index is 0.195. The average Bonchev–Trinajstić information content (AvgIpc) is 3.07. The standard InChI is InChI=1S/C20H21NO2/c1-12-6-11-17(22)20-18(12)15-4-3-5-16(15)19(21-20)13-7-9-14(23-2)10-8-13/h3-4,6-11,15-16,19,21-22H,5H2,1-2H3. The minimum atomic E-state index is 0.195. The van der Waals surface area contributed by atoms with E-state index >= 15 is 0 Å². The molecule has 0 saturated heterocycles. The van der Waals surface area contributed by atoms with Gasteiger partial charge in [0.05, 0.1) is 18.8 Å². The molecule has 2 aliphatic rings. The van der Waals surface area contributed by atoms with Crippen LogP contribution < -0.4 is 10.1 Å². The summed E-state index contributed by atoms with van der Waals surface area (Å²) < 4.78 is 5.26. The fourth-order valence-corrected chi connectivity index (χ4v) is 4.02. The number of ether oxygens (including phenoxy) is 1. The van der Waals surface area contributed by atoms with Gasteiger partial charge in [0.2, 0.25) is 0 Å². The van der Waals surface area contributed by atoms with E-state index < -0.39 is 0 Å². The lowest BCUT2D eigenvalue weighted by Crippen LogP contribution is -2.29. The van der Waals surface area contributed by atoms with Gasteiger partial charge in [-0.3, -0.25) is 0 Å². The molecule has 118 valence electrons. The summed E-state index contributed by atoms with van der Waals surface area (Å²) in [6.07, 6.45) is 5.63. The van der Waals surface area contributed by atoms with Crippen molar-refractivity contribution in [1.29, 1.82) is 0 Å². The molecule has 0 spiro atoms. The molecule has 2 aromatic carbocycles. The maximum absolute atomic E-state index is 10.3. The molecular weight excluding hydrogens is 286 g/mol. The lowest BCUT2D eigenvalue weighted by molar-refractivity contribution is 0.408. The number of hydrogen-bond acceptors (Lipinski definition) is 3. The quantitative estimate of drug-likeness (QED) is 0.632. The van der Waals surface area contributed by atoms with E-state index in [4.69, 9.17) is 4.74 Å². The number of nitrogens with one attached hydrogen (secondary N) is 1. The van der Waals surface area contributed by atoms with Crippen LogP contribution in [0.25, 0.3) is 0 Å². The van der Waals surface area contributed by atoms with E-state index in [1.807, 2.05) is 18.2 Å². The molecule has 0 amide bonds. The van der Waals surface area contributed by atoms with Crippen molar-refractivity contribution in [1.82, 2.24) is 0 Å². The monoisotopic (exact) mass is 307 g/mol. The van der Waals surface area contributed by atoms with Crippen LogP contribution in [-0.2, 0) is 0 Å². The second-order valence-electron chi connectivity index (χ2n) is 6.44. The summed E-state index contributed by atoms with van der Waals surface area (Å²) in [6, 6.07) is 12.2. The molecule has 4 rings (SSSR count). The van der Waals surface area contributed by atoms with Crippen molar-refractivity contribution in [2.45, 2.75) is 25.3 Å². The Morgan fingerprint density at radius 1 is 1.13 bits per heavy atom. The first-order chi connectivity index (χ1) is 11.2. The number of aromatic hydroxyl groups is 1. The van der Waals surface area contributed by atoms with Crippen LogP contribution >= 0.6 is 0 Å². The fraction of sp³-hybridized carbons (Fsp3) is 0.300. The Hall–Kier alpha value is -2.42. The number of phenolic OH excluding ortho intramolecular Hbond substituents is 1. The van der Waals surface area contributed by atoms with Crippen molar-refractivity contribution in [2.24, 2.45) is 5.92 Å². The molecule has 0 saturated carbocycles. The van der Waals surface area contributed by atoms with Crippen molar-refractivity contribution in [3.8, 4) is 11.5 Å². The Morgan fingerprint density at radius 2 is 1.91 bits per heavy atom. The van der Waals surface area contributed by atoms with Gasteiger partial charge in [-0.1, -0.05) is 30.4 Å². The van der Waals surface area contributed by atoms with E-state index in [1.165, 1.54) is 16.7 Å². The van der Waals surface area contributed by atoms with Crippen molar-refractivity contribution < 1.29 is 9.84 Å². The number of benzene rings is 2. The number of allylic oxidation sites excluding steroid dienone is 2. The lowest BCUT2D eigenvalue weighted by Gasteiger charge is -2.38. The topological polar surface area (TPSA) is 41.5 Å². The Balaban J connectivity index is 1.79. The van der Waals surface area contributed by atoms with E-state index in [9.17, 15) is 5.11 Å². The zero-order chi connectivity index (χ0) is 16.0. The molecule has 2 aromatic rings. The molecule has 0 bridgehead atoms. The third-order valence-corrected chi connectivity index (χ3v) is 5.19. The summed E-state index contributed by atoms with van der Waals surface area (Å²) in [4.78, 5) is 0. The Labute approximate surface area is 136 Å². The zero-order valence-corrected chi connectivity index (χ0v) is 13.4. The Morgan fingerprint density at radius 3 is 2.65 bits per heavy atom. The maximum atomic E-state index is 10.3. The number of aryl methyl sites for hydroxylation is 1. The van der Waals surface area contributed by atoms with Crippen LogP contribution in [0.1, 0.15) is 35.1 Å². The van der Waals surface area contributed by atoms with Gasteiger partial charge in [-0.15, -0.1) is 0 Å². The van der Waals surface area contributed by atoms with E-state index in [1.54, 1.807) is 13.2 Å². The largest absolute Gasteiger partial charge is 0.506 e.